The molecule has 0 aliphatic carbocycles. The minimum absolute atomic E-state index is 0.0851. The van der Waals surface area contributed by atoms with E-state index in [2.05, 4.69) is 19.9 Å². The van der Waals surface area contributed by atoms with Crippen molar-refractivity contribution in [2.75, 3.05) is 13.7 Å². The van der Waals surface area contributed by atoms with Crippen molar-refractivity contribution < 1.29 is 9.15 Å². The number of aromatic nitrogens is 3. The average molecular weight is 352 g/mol. The Morgan fingerprint density at radius 3 is 3.00 bits per heavy atom. The van der Waals surface area contributed by atoms with Crippen molar-refractivity contribution in [1.82, 2.24) is 19.9 Å². The van der Waals surface area contributed by atoms with Crippen LogP contribution in [0.3, 0.4) is 0 Å². The quantitative estimate of drug-likeness (QED) is 0.757. The van der Waals surface area contributed by atoms with Crippen LogP contribution in [0.2, 0.25) is 0 Å². The summed E-state index contributed by atoms with van der Waals surface area (Å²) >= 11 is 0. The van der Waals surface area contributed by atoms with Gasteiger partial charge in [-0.1, -0.05) is 0 Å². The number of hydrogen-bond acceptors (Lipinski definition) is 6. The summed E-state index contributed by atoms with van der Waals surface area (Å²) in [5.74, 6) is 2.25. The molecule has 1 N–H and O–H groups in total. The number of nitrogens with one attached hydrogen (secondary N) is 1. The van der Waals surface area contributed by atoms with Gasteiger partial charge in [0.1, 0.15) is 24.0 Å². The predicted octanol–water partition coefficient (Wildman–Crippen LogP) is 2.13. The van der Waals surface area contributed by atoms with Gasteiger partial charge in [0.2, 0.25) is 0 Å². The molecule has 0 saturated carbocycles. The molecule has 0 fully saturated rings. The molecule has 134 valence electrons. The predicted molar refractivity (Wildman–Crippen MR) is 95.3 cm³/mol. The Hall–Kier alpha value is -2.77. The summed E-state index contributed by atoms with van der Waals surface area (Å²) in [6.07, 6.45) is 4.14. The summed E-state index contributed by atoms with van der Waals surface area (Å²) in [7, 11) is 1.64. The lowest BCUT2D eigenvalue weighted by Gasteiger charge is -2.26. The molecule has 1 aliphatic heterocycles. The van der Waals surface area contributed by atoms with E-state index in [0.29, 0.717) is 25.5 Å². The highest BCUT2D eigenvalue weighted by Gasteiger charge is 2.22. The molecule has 26 heavy (non-hydrogen) atoms. The van der Waals surface area contributed by atoms with E-state index in [-0.39, 0.29) is 5.56 Å². The largest absolute Gasteiger partial charge is 0.462 e. The molecule has 0 radical (unpaired) electrons. The van der Waals surface area contributed by atoms with Crippen molar-refractivity contribution >= 4 is 0 Å². The van der Waals surface area contributed by atoms with Gasteiger partial charge in [-0.2, -0.15) is 0 Å². The van der Waals surface area contributed by atoms with Crippen molar-refractivity contribution in [2.24, 2.45) is 0 Å². The van der Waals surface area contributed by atoms with E-state index in [1.165, 1.54) is 0 Å². The van der Waals surface area contributed by atoms with E-state index in [9.17, 15) is 4.79 Å². The van der Waals surface area contributed by atoms with Crippen LogP contribution >= 0.6 is 0 Å². The average Bonchev–Trinajstić information content (AvgIpc) is 3.10. The van der Waals surface area contributed by atoms with E-state index >= 15 is 0 Å². The van der Waals surface area contributed by atoms with Crippen LogP contribution in [0.25, 0.3) is 11.4 Å². The second kappa shape index (κ2) is 7.23. The molecule has 0 aromatic carbocycles. The number of pyridine rings is 1. The van der Waals surface area contributed by atoms with Gasteiger partial charge in [-0.3, -0.25) is 14.7 Å². The summed E-state index contributed by atoms with van der Waals surface area (Å²) in [5.41, 5.74) is 2.32. The third-order valence-electron chi connectivity index (χ3n) is 4.47. The number of rotatable bonds is 5. The second-order valence-corrected chi connectivity index (χ2v) is 6.34. The van der Waals surface area contributed by atoms with Gasteiger partial charge in [0.25, 0.3) is 5.56 Å². The van der Waals surface area contributed by atoms with E-state index in [1.54, 1.807) is 19.5 Å². The van der Waals surface area contributed by atoms with Gasteiger partial charge >= 0.3 is 0 Å². The second-order valence-electron chi connectivity index (χ2n) is 6.34. The minimum atomic E-state index is -0.0851. The van der Waals surface area contributed by atoms with Gasteiger partial charge in [-0.15, -0.1) is 0 Å². The van der Waals surface area contributed by atoms with Gasteiger partial charge in [0.05, 0.1) is 17.8 Å². The summed E-state index contributed by atoms with van der Waals surface area (Å²) < 4.78 is 10.8. The SMILES string of the molecule is COCc1ccc(CN2CCc3nc(-c4cccnc4)[nH]c(=O)c3C2)o1. The van der Waals surface area contributed by atoms with E-state index in [1.807, 2.05) is 24.3 Å². The first-order valence-electron chi connectivity index (χ1n) is 8.54. The third kappa shape index (κ3) is 3.44. The van der Waals surface area contributed by atoms with E-state index in [0.717, 1.165) is 41.3 Å². The molecule has 0 atom stereocenters. The van der Waals surface area contributed by atoms with E-state index in [4.69, 9.17) is 9.15 Å². The van der Waals surface area contributed by atoms with Crippen LogP contribution in [0.4, 0.5) is 0 Å². The summed E-state index contributed by atoms with van der Waals surface area (Å²) in [4.78, 5) is 26.4. The molecule has 4 heterocycles. The Balaban J connectivity index is 1.52. The van der Waals surface area contributed by atoms with Gasteiger partial charge in [0.15, 0.2) is 0 Å². The van der Waals surface area contributed by atoms with E-state index < -0.39 is 0 Å². The van der Waals surface area contributed by atoms with Crippen LogP contribution < -0.4 is 5.56 Å². The standard InChI is InChI=1S/C19H20N4O3/c1-25-12-15-5-4-14(26-15)10-23-8-6-17-16(11-23)19(24)22-18(21-17)13-3-2-7-20-9-13/h2-5,7,9H,6,8,10-12H2,1H3,(H,21,22,24). The van der Waals surface area contributed by atoms with Crippen LogP contribution in [0, 0.1) is 0 Å². The Morgan fingerprint density at radius 2 is 2.19 bits per heavy atom. The fourth-order valence-corrected chi connectivity index (χ4v) is 3.20. The highest BCUT2D eigenvalue weighted by molar-refractivity contribution is 5.53. The maximum absolute atomic E-state index is 12.6. The van der Waals surface area contributed by atoms with Gasteiger partial charge in [0, 0.05) is 44.6 Å². The number of hydrogen-bond donors (Lipinski definition) is 1. The molecule has 3 aromatic rings. The first-order chi connectivity index (χ1) is 12.7. The van der Waals surface area contributed by atoms with Crippen LogP contribution in [-0.2, 0) is 30.9 Å². The van der Waals surface area contributed by atoms with Crippen molar-refractivity contribution in [3.05, 3.63) is 69.8 Å². The number of nitrogens with zero attached hydrogens (tertiary/aromatic N) is 3. The van der Waals surface area contributed by atoms with Gasteiger partial charge in [-0.05, 0) is 24.3 Å². The molecule has 3 aromatic heterocycles. The number of ether oxygens (including phenoxy) is 1. The Kier molecular flexibility index (Phi) is 4.64. The lowest BCUT2D eigenvalue weighted by molar-refractivity contribution is 0.157. The third-order valence-corrected chi connectivity index (χ3v) is 4.47. The van der Waals surface area contributed by atoms with Crippen molar-refractivity contribution in [3.8, 4) is 11.4 Å². The van der Waals surface area contributed by atoms with Crippen LogP contribution in [0.15, 0.2) is 45.9 Å². The van der Waals surface area contributed by atoms with Crippen molar-refractivity contribution in [2.45, 2.75) is 26.1 Å². The summed E-state index contributed by atoms with van der Waals surface area (Å²) in [5, 5.41) is 0. The molecule has 7 nitrogen and oxygen atoms in total. The molecule has 4 rings (SSSR count). The van der Waals surface area contributed by atoms with Crippen molar-refractivity contribution in [1.29, 1.82) is 0 Å². The lowest BCUT2D eigenvalue weighted by atomic mass is 10.1. The molecule has 0 spiro atoms. The molecule has 0 unspecified atom stereocenters. The van der Waals surface area contributed by atoms with Gasteiger partial charge < -0.3 is 14.1 Å². The highest BCUT2D eigenvalue weighted by Crippen LogP contribution is 2.20. The molecule has 0 saturated heterocycles. The summed E-state index contributed by atoms with van der Waals surface area (Å²) in [6, 6.07) is 7.60. The molecule has 7 heteroatoms. The fraction of sp³-hybridized carbons (Fsp3) is 0.316. The van der Waals surface area contributed by atoms with Crippen LogP contribution in [0.5, 0.6) is 0 Å². The maximum atomic E-state index is 12.6. The zero-order valence-electron chi connectivity index (χ0n) is 14.6. The zero-order valence-corrected chi connectivity index (χ0v) is 14.6. The minimum Gasteiger partial charge on any atom is -0.462 e. The number of aromatic amines is 1. The monoisotopic (exact) mass is 352 g/mol. The Bertz CT molecular complexity index is 949. The Morgan fingerprint density at radius 1 is 1.31 bits per heavy atom. The topological polar surface area (TPSA) is 84.2 Å². The molecule has 1 aliphatic rings. The number of fused-ring (bicyclic) bond motifs is 1. The van der Waals surface area contributed by atoms with Crippen LogP contribution in [-0.4, -0.2) is 33.5 Å². The fourth-order valence-electron chi connectivity index (χ4n) is 3.20. The van der Waals surface area contributed by atoms with Crippen molar-refractivity contribution in [3.63, 3.8) is 0 Å². The normalized spacial score (nSPS) is 14.3. The highest BCUT2D eigenvalue weighted by atomic mass is 16.5. The number of methoxy groups -OCH3 is 1. The molecule has 0 amide bonds. The summed E-state index contributed by atoms with van der Waals surface area (Å²) in [6.45, 7) is 2.51. The van der Waals surface area contributed by atoms with Gasteiger partial charge in [-0.25, -0.2) is 4.98 Å². The molecule has 0 bridgehead atoms. The maximum Gasteiger partial charge on any atom is 0.255 e. The smallest absolute Gasteiger partial charge is 0.255 e. The number of furan rings is 1. The lowest BCUT2D eigenvalue weighted by Crippen LogP contribution is -2.35. The Labute approximate surface area is 150 Å². The molecular weight excluding hydrogens is 332 g/mol. The zero-order chi connectivity index (χ0) is 17.9. The first-order valence-corrected chi connectivity index (χ1v) is 8.54. The number of H-pyrrole nitrogens is 1. The first kappa shape index (κ1) is 16.7. The molecular formula is C19H20N4O3. The van der Waals surface area contributed by atoms with Crippen LogP contribution in [0.1, 0.15) is 22.8 Å².